The van der Waals surface area contributed by atoms with Crippen LogP contribution in [0.5, 0.6) is 0 Å². The van der Waals surface area contributed by atoms with Gasteiger partial charge in [0.15, 0.2) is 5.76 Å². The molecule has 1 saturated heterocycles. The summed E-state index contributed by atoms with van der Waals surface area (Å²) >= 11 is 5.86. The highest BCUT2D eigenvalue weighted by Crippen LogP contribution is 2.33. The van der Waals surface area contributed by atoms with Gasteiger partial charge in [-0.1, -0.05) is 30.6 Å². The number of amides is 2. The van der Waals surface area contributed by atoms with E-state index in [1.165, 1.54) is 0 Å². The maximum atomic E-state index is 12.5. The van der Waals surface area contributed by atoms with Crippen LogP contribution in [0.4, 0.5) is 10.5 Å². The van der Waals surface area contributed by atoms with Crippen molar-refractivity contribution in [1.29, 1.82) is 0 Å². The van der Waals surface area contributed by atoms with Gasteiger partial charge in [-0.3, -0.25) is 0 Å². The van der Waals surface area contributed by atoms with Crippen molar-refractivity contribution in [3.8, 4) is 0 Å². The fourth-order valence-corrected chi connectivity index (χ4v) is 2.89. The van der Waals surface area contributed by atoms with E-state index in [-0.39, 0.29) is 12.1 Å². The number of likely N-dealkylation sites (tertiary alicyclic amines) is 1. The van der Waals surface area contributed by atoms with Gasteiger partial charge < -0.3 is 14.7 Å². The van der Waals surface area contributed by atoms with Crippen molar-refractivity contribution in [1.82, 2.24) is 10.1 Å². The van der Waals surface area contributed by atoms with Crippen LogP contribution in [0, 0.1) is 0 Å². The number of urea groups is 1. The van der Waals surface area contributed by atoms with Gasteiger partial charge in [0.2, 0.25) is 0 Å². The number of anilines is 1. The van der Waals surface area contributed by atoms with E-state index < -0.39 is 0 Å². The van der Waals surface area contributed by atoms with E-state index in [0.717, 1.165) is 30.0 Å². The Kier molecular flexibility index (Phi) is 4.57. The molecular formula is C17H20ClN3O2. The largest absolute Gasteiger partial charge is 0.359 e. The summed E-state index contributed by atoms with van der Waals surface area (Å²) in [5.74, 6) is 1.07. The van der Waals surface area contributed by atoms with Crippen LogP contribution in [0.25, 0.3) is 0 Å². The third kappa shape index (κ3) is 3.50. The van der Waals surface area contributed by atoms with Crippen molar-refractivity contribution in [3.63, 3.8) is 0 Å². The first kappa shape index (κ1) is 15.9. The Balaban J connectivity index is 1.72. The van der Waals surface area contributed by atoms with Gasteiger partial charge in [0, 0.05) is 23.3 Å². The van der Waals surface area contributed by atoms with Crippen molar-refractivity contribution >= 4 is 23.3 Å². The quantitative estimate of drug-likeness (QED) is 0.876. The Bertz CT molecular complexity index is 681. The van der Waals surface area contributed by atoms with E-state index in [1.807, 2.05) is 6.07 Å². The van der Waals surface area contributed by atoms with Crippen LogP contribution in [0.3, 0.4) is 0 Å². The topological polar surface area (TPSA) is 58.4 Å². The summed E-state index contributed by atoms with van der Waals surface area (Å²) in [4.78, 5) is 14.3. The number of benzene rings is 1. The Morgan fingerprint density at radius 2 is 2.13 bits per heavy atom. The molecule has 1 atom stereocenters. The highest BCUT2D eigenvalue weighted by atomic mass is 35.5. The predicted molar refractivity (Wildman–Crippen MR) is 89.7 cm³/mol. The zero-order valence-electron chi connectivity index (χ0n) is 13.3. The molecule has 122 valence electrons. The molecule has 1 aromatic heterocycles. The molecule has 1 aliphatic heterocycles. The molecule has 3 rings (SSSR count). The second-order valence-electron chi connectivity index (χ2n) is 6.10. The fourth-order valence-electron chi connectivity index (χ4n) is 2.77. The first-order chi connectivity index (χ1) is 11.0. The lowest BCUT2D eigenvalue weighted by molar-refractivity contribution is 0.195. The van der Waals surface area contributed by atoms with Crippen LogP contribution >= 0.6 is 11.6 Å². The van der Waals surface area contributed by atoms with Gasteiger partial charge >= 0.3 is 6.03 Å². The first-order valence-electron chi connectivity index (χ1n) is 7.84. The molecule has 1 fully saturated rings. The van der Waals surface area contributed by atoms with Crippen molar-refractivity contribution in [3.05, 3.63) is 46.8 Å². The summed E-state index contributed by atoms with van der Waals surface area (Å²) in [7, 11) is 0. The second kappa shape index (κ2) is 6.62. The van der Waals surface area contributed by atoms with Crippen molar-refractivity contribution < 1.29 is 9.32 Å². The van der Waals surface area contributed by atoms with Crippen LogP contribution in [-0.4, -0.2) is 22.6 Å². The Hall–Kier alpha value is -2.01. The molecular weight excluding hydrogens is 314 g/mol. The Morgan fingerprint density at radius 1 is 1.39 bits per heavy atom. The normalized spacial score (nSPS) is 17.7. The number of hydrogen-bond donors (Lipinski definition) is 1. The van der Waals surface area contributed by atoms with E-state index in [4.69, 9.17) is 16.1 Å². The number of nitrogens with one attached hydrogen (secondary N) is 1. The molecule has 0 saturated carbocycles. The molecule has 1 aliphatic rings. The van der Waals surface area contributed by atoms with Crippen molar-refractivity contribution in [2.24, 2.45) is 0 Å². The van der Waals surface area contributed by atoms with Gasteiger partial charge in [-0.15, -0.1) is 0 Å². The molecule has 1 N–H and O–H groups in total. The summed E-state index contributed by atoms with van der Waals surface area (Å²) in [5, 5.41) is 7.65. The number of carbonyl (C=O) groups is 1. The van der Waals surface area contributed by atoms with E-state index in [0.29, 0.717) is 17.5 Å². The minimum absolute atomic E-state index is 0.0534. The van der Waals surface area contributed by atoms with Crippen LogP contribution in [0.1, 0.15) is 50.1 Å². The summed E-state index contributed by atoms with van der Waals surface area (Å²) in [5.41, 5.74) is 1.65. The van der Waals surface area contributed by atoms with Gasteiger partial charge in [-0.2, -0.15) is 0 Å². The fraction of sp³-hybridized carbons (Fsp3) is 0.412. The van der Waals surface area contributed by atoms with Crippen LogP contribution in [-0.2, 0) is 0 Å². The number of aromatic nitrogens is 1. The van der Waals surface area contributed by atoms with Crippen molar-refractivity contribution in [2.75, 3.05) is 11.9 Å². The lowest BCUT2D eigenvalue weighted by Crippen LogP contribution is -2.34. The van der Waals surface area contributed by atoms with Gasteiger partial charge in [0.1, 0.15) is 0 Å². The van der Waals surface area contributed by atoms with E-state index >= 15 is 0 Å². The average Bonchev–Trinajstić information content (AvgIpc) is 3.17. The molecule has 0 radical (unpaired) electrons. The highest BCUT2D eigenvalue weighted by Gasteiger charge is 2.33. The standard InChI is InChI=1S/C17H20ClN3O2/c1-11(2)14-10-16(23-20-14)15-4-3-9-21(15)17(22)19-13-7-5-12(18)6-8-13/h5-8,10-11,15H,3-4,9H2,1-2H3,(H,19,22)/t15-/m0/s1. The molecule has 2 amide bonds. The summed E-state index contributed by atoms with van der Waals surface area (Å²) in [6.45, 7) is 4.85. The third-order valence-corrected chi connectivity index (χ3v) is 4.33. The molecule has 5 nitrogen and oxygen atoms in total. The van der Waals surface area contributed by atoms with Crippen molar-refractivity contribution in [2.45, 2.75) is 38.6 Å². The minimum Gasteiger partial charge on any atom is -0.359 e. The maximum absolute atomic E-state index is 12.5. The molecule has 1 aromatic carbocycles. The van der Waals surface area contributed by atoms with E-state index in [2.05, 4.69) is 24.3 Å². The number of carbonyl (C=O) groups excluding carboxylic acids is 1. The number of rotatable bonds is 3. The molecule has 2 aromatic rings. The third-order valence-electron chi connectivity index (χ3n) is 4.08. The lowest BCUT2D eigenvalue weighted by atomic mass is 10.1. The molecule has 0 spiro atoms. The number of nitrogens with zero attached hydrogens (tertiary/aromatic N) is 2. The maximum Gasteiger partial charge on any atom is 0.322 e. The summed E-state index contributed by atoms with van der Waals surface area (Å²) in [6.07, 6.45) is 1.84. The zero-order chi connectivity index (χ0) is 16.4. The Morgan fingerprint density at radius 3 is 2.78 bits per heavy atom. The molecule has 0 unspecified atom stereocenters. The van der Waals surface area contributed by atoms with E-state index in [1.54, 1.807) is 29.2 Å². The summed E-state index contributed by atoms with van der Waals surface area (Å²) in [6, 6.07) is 8.87. The first-order valence-corrected chi connectivity index (χ1v) is 8.22. The average molecular weight is 334 g/mol. The minimum atomic E-state index is -0.127. The number of hydrogen-bond acceptors (Lipinski definition) is 3. The highest BCUT2D eigenvalue weighted by molar-refractivity contribution is 6.30. The Labute approximate surface area is 140 Å². The summed E-state index contributed by atoms with van der Waals surface area (Å²) < 4.78 is 5.47. The smallest absolute Gasteiger partial charge is 0.322 e. The molecule has 2 heterocycles. The molecule has 23 heavy (non-hydrogen) atoms. The van der Waals surface area contributed by atoms with Gasteiger partial charge in [0.25, 0.3) is 0 Å². The molecule has 6 heteroatoms. The van der Waals surface area contributed by atoms with Crippen LogP contribution < -0.4 is 5.32 Å². The zero-order valence-corrected chi connectivity index (χ0v) is 14.0. The van der Waals surface area contributed by atoms with E-state index in [9.17, 15) is 4.79 Å². The predicted octanol–water partition coefficient (Wildman–Crippen LogP) is 4.82. The second-order valence-corrected chi connectivity index (χ2v) is 6.53. The van der Waals surface area contributed by atoms with Crippen LogP contribution in [0.2, 0.25) is 5.02 Å². The van der Waals surface area contributed by atoms with Gasteiger partial charge in [-0.05, 0) is 43.0 Å². The molecule has 0 aliphatic carbocycles. The van der Waals surface area contributed by atoms with Crippen LogP contribution in [0.15, 0.2) is 34.9 Å². The SMILES string of the molecule is CC(C)c1cc([C@@H]2CCCN2C(=O)Nc2ccc(Cl)cc2)on1. The molecule has 0 bridgehead atoms. The number of halogens is 1. The lowest BCUT2D eigenvalue weighted by Gasteiger charge is -2.23. The van der Waals surface area contributed by atoms with Gasteiger partial charge in [-0.25, -0.2) is 4.79 Å². The van der Waals surface area contributed by atoms with Gasteiger partial charge in [0.05, 0.1) is 11.7 Å². The monoisotopic (exact) mass is 333 g/mol.